The normalized spacial score (nSPS) is 22.2. The van der Waals surface area contributed by atoms with Crippen LogP contribution in [0.2, 0.25) is 0 Å². The maximum absolute atomic E-state index is 11.4. The quantitative estimate of drug-likeness (QED) is 0.742. The Bertz CT molecular complexity index is 840. The molecule has 0 bridgehead atoms. The fourth-order valence-corrected chi connectivity index (χ4v) is 3.77. The number of nitrogens with zero attached hydrogens (tertiary/aromatic N) is 1. The molecule has 1 aromatic rings. The molecule has 3 rings (SSSR count). The number of carbonyl (C=O) groups excluding carboxylic acids is 1. The summed E-state index contributed by atoms with van der Waals surface area (Å²) in [7, 11) is 0. The second-order valence-electron chi connectivity index (χ2n) is 8.50. The van der Waals surface area contributed by atoms with Crippen LogP contribution in [-0.4, -0.2) is 35.1 Å². The van der Waals surface area contributed by atoms with Gasteiger partial charge in [-0.1, -0.05) is 24.3 Å². The third-order valence-corrected chi connectivity index (χ3v) is 5.51. The van der Waals surface area contributed by atoms with Gasteiger partial charge >= 0.3 is 0 Å². The van der Waals surface area contributed by atoms with Gasteiger partial charge in [0.15, 0.2) is 0 Å². The summed E-state index contributed by atoms with van der Waals surface area (Å²) in [6.45, 7) is 9.13. The minimum atomic E-state index is -0.582. The third-order valence-electron chi connectivity index (χ3n) is 5.51. The molecule has 5 nitrogen and oxygen atoms in total. The van der Waals surface area contributed by atoms with E-state index in [4.69, 9.17) is 11.1 Å². The average Bonchev–Trinajstić information content (AvgIpc) is 2.67. The van der Waals surface area contributed by atoms with Crippen LogP contribution in [0.1, 0.15) is 45.1 Å². The van der Waals surface area contributed by atoms with Crippen molar-refractivity contribution < 1.29 is 4.79 Å². The predicted molar refractivity (Wildman–Crippen MR) is 116 cm³/mol. The van der Waals surface area contributed by atoms with Crippen LogP contribution in [0, 0.1) is 5.41 Å². The van der Waals surface area contributed by atoms with Crippen LogP contribution in [-0.2, 0) is 4.79 Å². The van der Waals surface area contributed by atoms with Crippen molar-refractivity contribution in [2.45, 2.75) is 45.1 Å². The van der Waals surface area contributed by atoms with E-state index in [9.17, 15) is 4.79 Å². The smallest absolute Gasteiger partial charge is 0.250 e. The van der Waals surface area contributed by atoms with Crippen molar-refractivity contribution in [3.05, 3.63) is 65.4 Å². The number of rotatable bonds is 4. The number of hydrogen-bond acceptors (Lipinski definition) is 4. The van der Waals surface area contributed by atoms with Gasteiger partial charge in [0.1, 0.15) is 0 Å². The van der Waals surface area contributed by atoms with E-state index in [0.29, 0.717) is 11.5 Å². The summed E-state index contributed by atoms with van der Waals surface area (Å²) in [6.07, 6.45) is 9.30. The standard InChI is InChI=1S/C23H30N4O/c1-23(2,3)27-13-5-7-18(15-27)16-9-11-19(12-10-16)26-14-17-6-4-8-20(21(17)24)22(25)28/h4,6,8-12,14,18,24,26H,5,7,13,15H2,1-3H3,(H2,25,28)/b17-14-,24-21?. The second-order valence-corrected chi connectivity index (χ2v) is 8.50. The number of hydrogen-bond donors (Lipinski definition) is 3. The van der Waals surface area contributed by atoms with Gasteiger partial charge in [0.25, 0.3) is 5.91 Å². The van der Waals surface area contributed by atoms with E-state index >= 15 is 0 Å². The van der Waals surface area contributed by atoms with Crippen LogP contribution in [0.3, 0.4) is 0 Å². The number of likely N-dealkylation sites (tertiary alicyclic amines) is 1. The number of benzene rings is 1. The molecule has 1 fully saturated rings. The summed E-state index contributed by atoms with van der Waals surface area (Å²) in [4.78, 5) is 14.0. The molecule has 148 valence electrons. The molecular formula is C23H30N4O. The Balaban J connectivity index is 1.65. The number of primary amides is 1. The molecule has 4 N–H and O–H groups in total. The van der Waals surface area contributed by atoms with Gasteiger partial charge in [-0.25, -0.2) is 0 Å². The summed E-state index contributed by atoms with van der Waals surface area (Å²) >= 11 is 0. The minimum Gasteiger partial charge on any atom is -0.366 e. The van der Waals surface area contributed by atoms with Crippen molar-refractivity contribution in [2.24, 2.45) is 5.73 Å². The van der Waals surface area contributed by atoms with E-state index in [-0.39, 0.29) is 16.8 Å². The topological polar surface area (TPSA) is 82.2 Å². The molecule has 0 saturated carbocycles. The molecule has 5 heteroatoms. The van der Waals surface area contributed by atoms with Crippen molar-refractivity contribution in [3.8, 4) is 0 Å². The zero-order valence-corrected chi connectivity index (χ0v) is 17.0. The van der Waals surface area contributed by atoms with E-state index in [1.807, 2.05) is 0 Å². The summed E-state index contributed by atoms with van der Waals surface area (Å²) in [6, 6.07) is 8.52. The van der Waals surface area contributed by atoms with Gasteiger partial charge in [-0.15, -0.1) is 0 Å². The molecule has 1 atom stereocenters. The first-order valence-electron chi connectivity index (χ1n) is 9.85. The number of anilines is 1. The predicted octanol–water partition coefficient (Wildman–Crippen LogP) is 3.96. The van der Waals surface area contributed by atoms with E-state index < -0.39 is 5.91 Å². The summed E-state index contributed by atoms with van der Waals surface area (Å²) in [5.41, 5.74) is 8.86. The first kappa shape index (κ1) is 20.1. The van der Waals surface area contributed by atoms with Gasteiger partial charge in [0.05, 0.1) is 11.3 Å². The van der Waals surface area contributed by atoms with Crippen molar-refractivity contribution in [2.75, 3.05) is 18.4 Å². The lowest BCUT2D eigenvalue weighted by Gasteiger charge is -2.41. The number of allylic oxidation sites excluding steroid dienone is 4. The highest BCUT2D eigenvalue weighted by molar-refractivity contribution is 6.28. The summed E-state index contributed by atoms with van der Waals surface area (Å²) < 4.78 is 0. The maximum Gasteiger partial charge on any atom is 0.250 e. The lowest BCUT2D eigenvalue weighted by Crippen LogP contribution is -2.46. The van der Waals surface area contributed by atoms with Gasteiger partial charge in [-0.2, -0.15) is 0 Å². The lowest BCUT2D eigenvalue weighted by atomic mass is 9.88. The zero-order chi connectivity index (χ0) is 20.3. The zero-order valence-electron chi connectivity index (χ0n) is 17.0. The largest absolute Gasteiger partial charge is 0.366 e. The van der Waals surface area contributed by atoms with E-state index in [1.54, 1.807) is 24.4 Å². The molecule has 1 unspecified atom stereocenters. The summed E-state index contributed by atoms with van der Waals surface area (Å²) in [5.74, 6) is -0.0144. The fraction of sp³-hybridized carbons (Fsp3) is 0.391. The van der Waals surface area contributed by atoms with E-state index in [0.717, 1.165) is 12.2 Å². The SMILES string of the molecule is CC(C)(C)N1CCCC(c2ccc(N/C=C3/C=CC=C(C(N)=O)C3=N)cc2)C1. The molecule has 1 saturated heterocycles. The Hall–Kier alpha value is -2.66. The van der Waals surface area contributed by atoms with E-state index in [2.05, 4.69) is 55.3 Å². The molecule has 1 aliphatic carbocycles. The van der Waals surface area contributed by atoms with Crippen molar-refractivity contribution in [1.82, 2.24) is 4.90 Å². The van der Waals surface area contributed by atoms with Crippen molar-refractivity contribution in [3.63, 3.8) is 0 Å². The molecule has 1 aliphatic heterocycles. The highest BCUT2D eigenvalue weighted by atomic mass is 16.1. The first-order chi connectivity index (χ1) is 13.3. The van der Waals surface area contributed by atoms with Crippen LogP contribution in [0.25, 0.3) is 0 Å². The van der Waals surface area contributed by atoms with Crippen LogP contribution >= 0.6 is 0 Å². The molecule has 2 aliphatic rings. The Morgan fingerprint density at radius 3 is 2.64 bits per heavy atom. The Labute approximate surface area is 167 Å². The van der Waals surface area contributed by atoms with Crippen LogP contribution in [0.15, 0.2) is 59.8 Å². The molecular weight excluding hydrogens is 348 g/mol. The van der Waals surface area contributed by atoms with Crippen LogP contribution < -0.4 is 11.1 Å². The molecule has 28 heavy (non-hydrogen) atoms. The average molecular weight is 379 g/mol. The Morgan fingerprint density at radius 2 is 2.00 bits per heavy atom. The fourth-order valence-electron chi connectivity index (χ4n) is 3.77. The highest BCUT2D eigenvalue weighted by Crippen LogP contribution is 2.31. The monoisotopic (exact) mass is 378 g/mol. The lowest BCUT2D eigenvalue weighted by molar-refractivity contribution is -0.114. The number of nitrogens with two attached hydrogens (primary N) is 1. The van der Waals surface area contributed by atoms with Gasteiger partial charge in [-0.3, -0.25) is 15.1 Å². The molecule has 1 heterocycles. The molecule has 0 spiro atoms. The minimum absolute atomic E-state index is 0.142. The molecule has 0 radical (unpaired) electrons. The maximum atomic E-state index is 11.4. The second kappa shape index (κ2) is 8.15. The van der Waals surface area contributed by atoms with Crippen molar-refractivity contribution in [1.29, 1.82) is 5.41 Å². The van der Waals surface area contributed by atoms with Gasteiger partial charge < -0.3 is 11.1 Å². The van der Waals surface area contributed by atoms with Crippen molar-refractivity contribution >= 4 is 17.3 Å². The molecule has 1 aromatic carbocycles. The number of carbonyl (C=O) groups is 1. The van der Waals surface area contributed by atoms with Crippen LogP contribution in [0.5, 0.6) is 0 Å². The Morgan fingerprint density at radius 1 is 1.29 bits per heavy atom. The number of nitrogens with one attached hydrogen (secondary N) is 2. The number of amides is 1. The molecule has 1 amide bonds. The van der Waals surface area contributed by atoms with Gasteiger partial charge in [-0.05, 0) is 69.8 Å². The Kier molecular flexibility index (Phi) is 5.84. The highest BCUT2D eigenvalue weighted by Gasteiger charge is 2.28. The van der Waals surface area contributed by atoms with E-state index in [1.165, 1.54) is 24.9 Å². The van der Waals surface area contributed by atoms with Gasteiger partial charge in [0.2, 0.25) is 0 Å². The first-order valence-corrected chi connectivity index (χ1v) is 9.85. The van der Waals surface area contributed by atoms with Crippen LogP contribution in [0.4, 0.5) is 5.69 Å². The third kappa shape index (κ3) is 4.60. The number of piperidine rings is 1. The van der Waals surface area contributed by atoms with Gasteiger partial charge in [0, 0.05) is 29.5 Å². The molecule has 0 aromatic heterocycles. The summed E-state index contributed by atoms with van der Waals surface area (Å²) in [5, 5.41) is 11.3.